The second-order valence-corrected chi connectivity index (χ2v) is 6.58. The molecule has 0 aromatic rings. The molecular formula is C14H29N3O. The van der Waals surface area contributed by atoms with E-state index in [0.717, 1.165) is 39.0 Å². The molecule has 18 heavy (non-hydrogen) atoms. The Morgan fingerprint density at radius 1 is 1.33 bits per heavy atom. The van der Waals surface area contributed by atoms with Crippen LogP contribution in [0.2, 0.25) is 0 Å². The monoisotopic (exact) mass is 255 g/mol. The Balaban J connectivity index is 2.23. The van der Waals surface area contributed by atoms with Gasteiger partial charge in [-0.15, -0.1) is 0 Å². The number of carbonyl (C=O) groups is 1. The number of piperidine rings is 1. The van der Waals surface area contributed by atoms with Crippen molar-refractivity contribution >= 4 is 5.91 Å². The van der Waals surface area contributed by atoms with Gasteiger partial charge < -0.3 is 15.5 Å². The molecule has 106 valence electrons. The van der Waals surface area contributed by atoms with Crippen molar-refractivity contribution in [1.29, 1.82) is 0 Å². The average Bonchev–Trinajstić information content (AvgIpc) is 2.26. The Kier molecular flexibility index (Phi) is 6.09. The minimum atomic E-state index is 0.132. The van der Waals surface area contributed by atoms with Gasteiger partial charge in [-0.1, -0.05) is 13.8 Å². The fourth-order valence-corrected chi connectivity index (χ4v) is 2.67. The molecule has 0 aromatic heterocycles. The maximum absolute atomic E-state index is 11.9. The minimum Gasteiger partial charge on any atom is -0.356 e. The van der Waals surface area contributed by atoms with Crippen LogP contribution in [0, 0.1) is 11.3 Å². The van der Waals surface area contributed by atoms with Crippen molar-refractivity contribution in [3.05, 3.63) is 0 Å². The molecule has 0 aliphatic carbocycles. The lowest BCUT2D eigenvalue weighted by atomic mass is 9.91. The highest BCUT2D eigenvalue weighted by Gasteiger charge is 2.21. The number of nitrogens with one attached hydrogen (secondary N) is 2. The van der Waals surface area contributed by atoms with Crippen LogP contribution >= 0.6 is 0 Å². The van der Waals surface area contributed by atoms with Gasteiger partial charge in [0.1, 0.15) is 0 Å². The Labute approximate surface area is 111 Å². The summed E-state index contributed by atoms with van der Waals surface area (Å²) in [6, 6.07) is 0. The third-order valence-corrected chi connectivity index (χ3v) is 3.44. The van der Waals surface area contributed by atoms with Gasteiger partial charge in [0.25, 0.3) is 0 Å². The van der Waals surface area contributed by atoms with Crippen LogP contribution in [0.3, 0.4) is 0 Å². The smallest absolute Gasteiger partial charge is 0.220 e. The predicted molar refractivity (Wildman–Crippen MR) is 75.6 cm³/mol. The maximum atomic E-state index is 11.9. The summed E-state index contributed by atoms with van der Waals surface area (Å²) in [4.78, 5) is 14.1. The van der Waals surface area contributed by atoms with E-state index in [1.807, 2.05) is 0 Å². The number of carbonyl (C=O) groups excluding carboxylic acids is 1. The normalized spacial score (nSPS) is 18.1. The molecule has 0 spiro atoms. The Bertz CT molecular complexity index is 258. The molecule has 0 aromatic carbocycles. The number of hydrogen-bond donors (Lipinski definition) is 2. The minimum absolute atomic E-state index is 0.132. The molecule has 4 nitrogen and oxygen atoms in total. The van der Waals surface area contributed by atoms with Crippen LogP contribution < -0.4 is 10.6 Å². The van der Waals surface area contributed by atoms with Crippen LogP contribution in [-0.2, 0) is 4.79 Å². The van der Waals surface area contributed by atoms with E-state index in [1.54, 1.807) is 0 Å². The summed E-state index contributed by atoms with van der Waals surface area (Å²) >= 11 is 0. The van der Waals surface area contributed by atoms with Crippen LogP contribution in [-0.4, -0.2) is 51.1 Å². The van der Waals surface area contributed by atoms with E-state index >= 15 is 0 Å². The third-order valence-electron chi connectivity index (χ3n) is 3.44. The lowest BCUT2D eigenvalue weighted by Gasteiger charge is -2.29. The van der Waals surface area contributed by atoms with E-state index in [0.29, 0.717) is 12.3 Å². The number of amides is 1. The van der Waals surface area contributed by atoms with E-state index in [-0.39, 0.29) is 11.3 Å². The quantitative estimate of drug-likeness (QED) is 0.746. The van der Waals surface area contributed by atoms with Gasteiger partial charge in [-0.2, -0.15) is 0 Å². The standard InChI is InChI=1S/C14H29N3O/c1-14(2,11-17(3)4)10-16-13(18)9-12-5-7-15-8-6-12/h12,15H,5-11H2,1-4H3,(H,16,18). The summed E-state index contributed by atoms with van der Waals surface area (Å²) in [6.45, 7) is 8.25. The van der Waals surface area contributed by atoms with Gasteiger partial charge in [-0.3, -0.25) is 4.79 Å². The van der Waals surface area contributed by atoms with Crippen molar-refractivity contribution in [3.63, 3.8) is 0 Å². The van der Waals surface area contributed by atoms with Crippen molar-refractivity contribution in [2.24, 2.45) is 11.3 Å². The number of rotatable bonds is 6. The van der Waals surface area contributed by atoms with E-state index < -0.39 is 0 Å². The zero-order valence-electron chi connectivity index (χ0n) is 12.4. The largest absolute Gasteiger partial charge is 0.356 e. The molecular weight excluding hydrogens is 226 g/mol. The molecule has 1 rings (SSSR count). The highest BCUT2D eigenvalue weighted by Crippen LogP contribution is 2.17. The van der Waals surface area contributed by atoms with E-state index in [1.165, 1.54) is 0 Å². The predicted octanol–water partition coefficient (Wildman–Crippen LogP) is 1.08. The molecule has 1 amide bonds. The average molecular weight is 255 g/mol. The lowest BCUT2D eigenvalue weighted by molar-refractivity contribution is -0.122. The molecule has 1 heterocycles. The molecule has 0 unspecified atom stereocenters. The second-order valence-electron chi connectivity index (χ2n) is 6.58. The molecule has 1 fully saturated rings. The van der Waals surface area contributed by atoms with Crippen LogP contribution in [0.15, 0.2) is 0 Å². The molecule has 0 saturated carbocycles. The SMILES string of the molecule is CN(C)CC(C)(C)CNC(=O)CC1CCNCC1. The first-order valence-electron chi connectivity index (χ1n) is 7.01. The van der Waals surface area contributed by atoms with E-state index in [9.17, 15) is 4.79 Å². The fourth-order valence-electron chi connectivity index (χ4n) is 2.67. The van der Waals surface area contributed by atoms with Crippen LogP contribution in [0.5, 0.6) is 0 Å². The summed E-state index contributed by atoms with van der Waals surface area (Å²) in [5, 5.41) is 6.42. The van der Waals surface area contributed by atoms with Crippen molar-refractivity contribution < 1.29 is 4.79 Å². The van der Waals surface area contributed by atoms with Gasteiger partial charge in [0.2, 0.25) is 5.91 Å². The fraction of sp³-hybridized carbons (Fsp3) is 0.929. The van der Waals surface area contributed by atoms with Crippen LogP contribution in [0.4, 0.5) is 0 Å². The van der Waals surface area contributed by atoms with E-state index in [2.05, 4.69) is 43.5 Å². The zero-order valence-corrected chi connectivity index (χ0v) is 12.4. The third kappa shape index (κ3) is 6.36. The molecule has 1 saturated heterocycles. The Morgan fingerprint density at radius 2 is 1.94 bits per heavy atom. The molecule has 0 radical (unpaired) electrons. The maximum Gasteiger partial charge on any atom is 0.220 e. The summed E-state index contributed by atoms with van der Waals surface area (Å²) in [5.74, 6) is 0.789. The Hall–Kier alpha value is -0.610. The molecule has 2 N–H and O–H groups in total. The molecule has 0 atom stereocenters. The molecule has 1 aliphatic heterocycles. The molecule has 4 heteroatoms. The topological polar surface area (TPSA) is 44.4 Å². The van der Waals surface area contributed by atoms with Gasteiger partial charge in [-0.05, 0) is 51.4 Å². The highest BCUT2D eigenvalue weighted by molar-refractivity contribution is 5.76. The van der Waals surface area contributed by atoms with Gasteiger partial charge in [0.05, 0.1) is 0 Å². The van der Waals surface area contributed by atoms with Gasteiger partial charge >= 0.3 is 0 Å². The lowest BCUT2D eigenvalue weighted by Crippen LogP contribution is -2.41. The van der Waals surface area contributed by atoms with Crippen molar-refractivity contribution in [3.8, 4) is 0 Å². The highest BCUT2D eigenvalue weighted by atomic mass is 16.1. The van der Waals surface area contributed by atoms with Gasteiger partial charge in [-0.25, -0.2) is 0 Å². The summed E-state index contributed by atoms with van der Waals surface area (Å²) in [5.41, 5.74) is 0.132. The van der Waals surface area contributed by atoms with Crippen molar-refractivity contribution in [1.82, 2.24) is 15.5 Å². The van der Waals surface area contributed by atoms with Crippen LogP contribution in [0.1, 0.15) is 33.1 Å². The molecule has 1 aliphatic rings. The van der Waals surface area contributed by atoms with Crippen molar-refractivity contribution in [2.75, 3.05) is 40.3 Å². The van der Waals surface area contributed by atoms with Gasteiger partial charge in [0, 0.05) is 19.5 Å². The number of nitrogens with zero attached hydrogens (tertiary/aromatic N) is 1. The summed E-state index contributed by atoms with van der Waals surface area (Å²) < 4.78 is 0. The first-order chi connectivity index (χ1) is 8.39. The van der Waals surface area contributed by atoms with Crippen LogP contribution in [0.25, 0.3) is 0 Å². The first-order valence-corrected chi connectivity index (χ1v) is 7.01. The zero-order chi connectivity index (χ0) is 13.6. The Morgan fingerprint density at radius 3 is 2.50 bits per heavy atom. The first kappa shape index (κ1) is 15.4. The van der Waals surface area contributed by atoms with E-state index in [4.69, 9.17) is 0 Å². The van der Waals surface area contributed by atoms with Crippen molar-refractivity contribution in [2.45, 2.75) is 33.1 Å². The summed E-state index contributed by atoms with van der Waals surface area (Å²) in [7, 11) is 4.14. The summed E-state index contributed by atoms with van der Waals surface area (Å²) in [6.07, 6.45) is 2.96. The molecule has 0 bridgehead atoms. The second kappa shape index (κ2) is 7.10. The van der Waals surface area contributed by atoms with Gasteiger partial charge in [0.15, 0.2) is 0 Å². The number of hydrogen-bond acceptors (Lipinski definition) is 3.